The van der Waals surface area contributed by atoms with Gasteiger partial charge in [0.1, 0.15) is 12.1 Å². The highest BCUT2D eigenvalue weighted by molar-refractivity contribution is 5.94. The molecule has 13 heteroatoms. The molecule has 0 aliphatic carbocycles. The molecule has 9 N–H and O–H groups in total. The van der Waals surface area contributed by atoms with Crippen molar-refractivity contribution in [3.05, 3.63) is 72.1 Å². The standard InChI is InChI=1S/C29H32N6O7/c30-20(9-10-26(37)38)27(39)33-15-25(36)34-23(11-16-13-31-21-7-3-1-5-18(16)21)28(40)35-24(29(41)42)12-17-14-32-22-8-4-2-6-19(17)22/h1-8,13-14,20,23-24,31-32H,9-12,15,30H2,(H,33,39)(H,34,36)(H,35,40)(H,37,38)(H,41,42). The van der Waals surface area contributed by atoms with Crippen LogP contribution < -0.4 is 21.7 Å². The highest BCUT2D eigenvalue weighted by Crippen LogP contribution is 2.21. The van der Waals surface area contributed by atoms with E-state index in [1.807, 2.05) is 48.5 Å². The van der Waals surface area contributed by atoms with Gasteiger partial charge in [-0.05, 0) is 29.7 Å². The van der Waals surface area contributed by atoms with E-state index in [-0.39, 0.29) is 25.7 Å². The van der Waals surface area contributed by atoms with Crippen LogP contribution in [-0.2, 0) is 36.8 Å². The van der Waals surface area contributed by atoms with Crippen LogP contribution in [-0.4, -0.2) is 74.5 Å². The maximum absolute atomic E-state index is 13.5. The molecule has 2 aromatic heterocycles. The molecule has 3 amide bonds. The van der Waals surface area contributed by atoms with E-state index < -0.39 is 54.3 Å². The zero-order chi connectivity index (χ0) is 30.2. The minimum atomic E-state index is -1.29. The van der Waals surface area contributed by atoms with Crippen molar-refractivity contribution in [2.24, 2.45) is 5.73 Å². The number of carboxylic acid groups (broad SMARTS) is 2. The summed E-state index contributed by atoms with van der Waals surface area (Å²) in [7, 11) is 0. The van der Waals surface area contributed by atoms with Crippen molar-refractivity contribution < 1.29 is 34.2 Å². The molecule has 0 fully saturated rings. The third-order valence-corrected chi connectivity index (χ3v) is 6.89. The molecule has 3 unspecified atom stereocenters. The number of hydrogen-bond donors (Lipinski definition) is 8. The summed E-state index contributed by atoms with van der Waals surface area (Å²) in [5, 5.41) is 27.8. The number of aliphatic carboxylic acids is 2. The van der Waals surface area contributed by atoms with Crippen LogP contribution in [0.4, 0.5) is 0 Å². The van der Waals surface area contributed by atoms with Gasteiger partial charge in [0.2, 0.25) is 17.7 Å². The maximum Gasteiger partial charge on any atom is 0.326 e. The number of hydrogen-bond acceptors (Lipinski definition) is 6. The molecule has 0 bridgehead atoms. The number of fused-ring (bicyclic) bond motifs is 2. The zero-order valence-corrected chi connectivity index (χ0v) is 22.6. The fourth-order valence-electron chi connectivity index (χ4n) is 4.68. The molecule has 0 saturated carbocycles. The van der Waals surface area contributed by atoms with Crippen molar-refractivity contribution in [3.8, 4) is 0 Å². The third-order valence-electron chi connectivity index (χ3n) is 6.89. The second-order valence-corrected chi connectivity index (χ2v) is 9.90. The molecule has 3 atom stereocenters. The molecular weight excluding hydrogens is 544 g/mol. The predicted molar refractivity (Wildman–Crippen MR) is 153 cm³/mol. The Bertz CT molecular complexity index is 1610. The Balaban J connectivity index is 1.48. The molecule has 0 saturated heterocycles. The summed E-state index contributed by atoms with van der Waals surface area (Å²) in [5.74, 6) is -4.49. The molecule has 42 heavy (non-hydrogen) atoms. The summed E-state index contributed by atoms with van der Waals surface area (Å²) < 4.78 is 0. The second-order valence-electron chi connectivity index (χ2n) is 9.90. The quantitative estimate of drug-likeness (QED) is 0.107. The summed E-state index contributed by atoms with van der Waals surface area (Å²) in [4.78, 5) is 67.5. The number of aromatic amines is 2. The third kappa shape index (κ3) is 7.52. The molecule has 4 rings (SSSR count). The highest BCUT2D eigenvalue weighted by atomic mass is 16.4. The van der Waals surface area contributed by atoms with Crippen LogP contribution in [0.25, 0.3) is 21.8 Å². The van der Waals surface area contributed by atoms with Gasteiger partial charge in [-0.1, -0.05) is 36.4 Å². The number of carboxylic acids is 2. The molecule has 13 nitrogen and oxygen atoms in total. The predicted octanol–water partition coefficient (Wildman–Crippen LogP) is 0.797. The van der Waals surface area contributed by atoms with Crippen molar-refractivity contribution in [1.29, 1.82) is 0 Å². The molecule has 220 valence electrons. The Morgan fingerprint density at radius 2 is 1.31 bits per heavy atom. The Labute approximate surface area is 239 Å². The summed E-state index contributed by atoms with van der Waals surface area (Å²) >= 11 is 0. The molecule has 0 radical (unpaired) electrons. The van der Waals surface area contributed by atoms with Gasteiger partial charge in [0.05, 0.1) is 12.6 Å². The van der Waals surface area contributed by atoms with Crippen molar-refractivity contribution in [2.75, 3.05) is 6.54 Å². The van der Waals surface area contributed by atoms with Gasteiger partial charge in [0.15, 0.2) is 0 Å². The fourth-order valence-corrected chi connectivity index (χ4v) is 4.68. The first-order valence-corrected chi connectivity index (χ1v) is 13.3. The largest absolute Gasteiger partial charge is 0.481 e. The van der Waals surface area contributed by atoms with E-state index in [2.05, 4.69) is 25.9 Å². The van der Waals surface area contributed by atoms with Crippen molar-refractivity contribution >= 4 is 51.5 Å². The fraction of sp³-hybridized carbons (Fsp3) is 0.276. The number of para-hydroxylation sites is 2. The Kier molecular flexibility index (Phi) is 9.55. The molecular formula is C29H32N6O7. The lowest BCUT2D eigenvalue weighted by atomic mass is 10.0. The lowest BCUT2D eigenvalue weighted by Gasteiger charge is -2.22. The molecule has 0 spiro atoms. The first-order chi connectivity index (χ1) is 20.1. The molecule has 2 heterocycles. The van der Waals surface area contributed by atoms with Crippen LogP contribution in [0, 0.1) is 0 Å². The van der Waals surface area contributed by atoms with Crippen molar-refractivity contribution in [1.82, 2.24) is 25.9 Å². The smallest absolute Gasteiger partial charge is 0.326 e. The van der Waals surface area contributed by atoms with Gasteiger partial charge in [-0.25, -0.2) is 4.79 Å². The molecule has 4 aromatic rings. The van der Waals surface area contributed by atoms with Gasteiger partial charge >= 0.3 is 11.9 Å². The van der Waals surface area contributed by atoms with Crippen LogP contribution in [0.15, 0.2) is 60.9 Å². The van der Waals surface area contributed by atoms with E-state index in [1.165, 1.54) is 0 Å². The van der Waals surface area contributed by atoms with Crippen LogP contribution in [0.5, 0.6) is 0 Å². The molecule has 0 aliphatic rings. The summed E-state index contributed by atoms with van der Waals surface area (Å²) in [6.45, 7) is -0.519. The van der Waals surface area contributed by atoms with Crippen molar-refractivity contribution in [2.45, 2.75) is 43.8 Å². The van der Waals surface area contributed by atoms with E-state index in [4.69, 9.17) is 10.8 Å². The lowest BCUT2D eigenvalue weighted by molar-refractivity contribution is -0.142. The number of rotatable bonds is 14. The minimum absolute atomic E-state index is 0.00310. The number of amides is 3. The van der Waals surface area contributed by atoms with E-state index in [9.17, 15) is 29.1 Å². The van der Waals surface area contributed by atoms with E-state index in [0.29, 0.717) is 11.1 Å². The first kappa shape index (κ1) is 29.8. The number of carbonyl (C=O) groups excluding carboxylic acids is 3. The Hall–Kier alpha value is -5.17. The first-order valence-electron chi connectivity index (χ1n) is 13.3. The van der Waals surface area contributed by atoms with E-state index >= 15 is 0 Å². The van der Waals surface area contributed by atoms with Crippen LogP contribution in [0.2, 0.25) is 0 Å². The van der Waals surface area contributed by atoms with Crippen molar-refractivity contribution in [3.63, 3.8) is 0 Å². The van der Waals surface area contributed by atoms with Gasteiger partial charge in [-0.15, -0.1) is 0 Å². The monoisotopic (exact) mass is 576 g/mol. The molecule has 2 aromatic carbocycles. The minimum Gasteiger partial charge on any atom is -0.481 e. The number of aromatic nitrogens is 2. The Morgan fingerprint density at radius 1 is 0.762 bits per heavy atom. The van der Waals surface area contributed by atoms with Gasteiger partial charge in [0.25, 0.3) is 0 Å². The Morgan fingerprint density at radius 3 is 1.86 bits per heavy atom. The van der Waals surface area contributed by atoms with E-state index in [0.717, 1.165) is 21.8 Å². The summed E-state index contributed by atoms with van der Waals surface area (Å²) in [6, 6.07) is 11.2. The number of nitrogens with one attached hydrogen (secondary N) is 5. The normalized spacial score (nSPS) is 13.3. The number of benzene rings is 2. The number of nitrogens with two attached hydrogens (primary N) is 1. The summed E-state index contributed by atoms with van der Waals surface area (Å²) in [6.07, 6.45) is 3.03. The van der Waals surface area contributed by atoms with Gasteiger partial charge in [-0.3, -0.25) is 19.2 Å². The average molecular weight is 577 g/mol. The average Bonchev–Trinajstić information content (AvgIpc) is 3.57. The number of carbonyl (C=O) groups is 5. The van der Waals surface area contributed by atoms with Gasteiger partial charge < -0.3 is 41.9 Å². The van der Waals surface area contributed by atoms with Crippen LogP contribution in [0.3, 0.4) is 0 Å². The second kappa shape index (κ2) is 13.5. The van der Waals surface area contributed by atoms with Crippen LogP contribution >= 0.6 is 0 Å². The lowest BCUT2D eigenvalue weighted by Crippen LogP contribution is -2.54. The highest BCUT2D eigenvalue weighted by Gasteiger charge is 2.28. The summed E-state index contributed by atoms with van der Waals surface area (Å²) in [5.41, 5.74) is 8.76. The number of H-pyrrole nitrogens is 2. The van der Waals surface area contributed by atoms with Gasteiger partial charge in [0, 0.05) is 53.5 Å². The van der Waals surface area contributed by atoms with Gasteiger partial charge in [-0.2, -0.15) is 0 Å². The SMILES string of the molecule is NC(CCC(=O)O)C(=O)NCC(=O)NC(Cc1c[nH]c2ccccc12)C(=O)NC(Cc1c[nH]c2ccccc12)C(=O)O. The maximum atomic E-state index is 13.5. The van der Waals surface area contributed by atoms with Crippen LogP contribution in [0.1, 0.15) is 24.0 Å². The van der Waals surface area contributed by atoms with E-state index in [1.54, 1.807) is 12.4 Å². The topological polar surface area (TPSA) is 219 Å². The molecule has 0 aliphatic heterocycles. The zero-order valence-electron chi connectivity index (χ0n) is 22.6.